The number of aryl methyl sites for hydroxylation is 1. The number of rotatable bonds is 12. The predicted molar refractivity (Wildman–Crippen MR) is 155 cm³/mol. The highest BCUT2D eigenvalue weighted by Gasteiger charge is 2.44. The molecule has 41 heavy (non-hydrogen) atoms. The molecule has 1 aliphatic rings. The van der Waals surface area contributed by atoms with Gasteiger partial charge in [0.05, 0.1) is 29.5 Å². The van der Waals surface area contributed by atoms with E-state index in [0.717, 1.165) is 60.5 Å². The molecule has 2 atom stereocenters. The van der Waals surface area contributed by atoms with Crippen LogP contribution in [0.2, 0.25) is 0 Å². The van der Waals surface area contributed by atoms with Crippen molar-refractivity contribution in [2.45, 2.75) is 63.3 Å². The number of aromatic nitrogens is 2. The van der Waals surface area contributed by atoms with E-state index in [4.69, 9.17) is 6.42 Å². The van der Waals surface area contributed by atoms with Crippen molar-refractivity contribution in [2.75, 3.05) is 6.54 Å². The van der Waals surface area contributed by atoms with Crippen LogP contribution in [-0.2, 0) is 18.5 Å². The molecule has 1 fully saturated rings. The Kier molecular flexibility index (Phi) is 8.48. The molecule has 3 aromatic carbocycles. The zero-order chi connectivity index (χ0) is 29.0. The summed E-state index contributed by atoms with van der Waals surface area (Å²) in [5.74, 6) is 0.837. The first kappa shape index (κ1) is 28.5. The van der Waals surface area contributed by atoms with E-state index in [-0.39, 0.29) is 24.4 Å². The number of carbonyl (C=O) groups is 1. The summed E-state index contributed by atoms with van der Waals surface area (Å²) in [6.45, 7) is 3.07. The van der Waals surface area contributed by atoms with Gasteiger partial charge in [-0.25, -0.2) is 13.8 Å². The number of nitrogens with zero attached hydrogens (tertiary/aromatic N) is 2. The molecular formula is C33H34F2N4O2. The van der Waals surface area contributed by atoms with E-state index < -0.39 is 23.8 Å². The van der Waals surface area contributed by atoms with Crippen LogP contribution in [0.4, 0.5) is 8.78 Å². The maximum Gasteiger partial charge on any atom is 0.251 e. The Hall–Kier alpha value is -4.06. The van der Waals surface area contributed by atoms with Crippen molar-refractivity contribution in [2.24, 2.45) is 0 Å². The molecule has 0 radical (unpaired) electrons. The lowest BCUT2D eigenvalue weighted by molar-refractivity contribution is 0.0822. The number of aliphatic hydroxyl groups excluding tert-OH is 1. The smallest absolute Gasteiger partial charge is 0.251 e. The summed E-state index contributed by atoms with van der Waals surface area (Å²) in [4.78, 5) is 17.9. The van der Waals surface area contributed by atoms with Gasteiger partial charge in [-0.1, -0.05) is 31.4 Å². The number of aliphatic hydroxyl groups is 1. The Morgan fingerprint density at radius 3 is 2.63 bits per heavy atom. The molecule has 1 saturated carbocycles. The van der Waals surface area contributed by atoms with E-state index in [1.165, 1.54) is 12.1 Å². The normalized spacial score (nSPS) is 15.3. The molecule has 5 rings (SSSR count). The highest BCUT2D eigenvalue weighted by atomic mass is 19.1. The summed E-state index contributed by atoms with van der Waals surface area (Å²) in [6.07, 6.45) is 10.1. The van der Waals surface area contributed by atoms with Gasteiger partial charge in [-0.15, -0.1) is 6.42 Å². The molecule has 3 N–H and O–H groups in total. The number of unbranched alkanes of at least 4 members (excludes halogenated alkanes) is 1. The molecule has 212 valence electrons. The second-order valence-electron chi connectivity index (χ2n) is 10.8. The van der Waals surface area contributed by atoms with Crippen molar-refractivity contribution in [1.29, 1.82) is 0 Å². The fraction of sp³-hybridized carbons (Fsp3) is 0.333. The first-order chi connectivity index (χ1) is 19.8. The largest absolute Gasteiger partial charge is 0.390 e. The van der Waals surface area contributed by atoms with Gasteiger partial charge in [0.2, 0.25) is 0 Å². The Morgan fingerprint density at radius 1 is 1.15 bits per heavy atom. The first-order valence-corrected chi connectivity index (χ1v) is 14.0. The van der Waals surface area contributed by atoms with Crippen LogP contribution in [0.25, 0.3) is 11.0 Å². The van der Waals surface area contributed by atoms with E-state index in [0.29, 0.717) is 11.1 Å². The Labute approximate surface area is 238 Å². The topological polar surface area (TPSA) is 79.2 Å². The summed E-state index contributed by atoms with van der Waals surface area (Å²) in [5.41, 5.74) is 3.90. The van der Waals surface area contributed by atoms with Gasteiger partial charge in [0.15, 0.2) is 0 Å². The van der Waals surface area contributed by atoms with Gasteiger partial charge in [-0.3, -0.25) is 4.79 Å². The summed E-state index contributed by atoms with van der Waals surface area (Å²) in [6, 6.07) is 15.4. The molecule has 1 amide bonds. The maximum absolute atomic E-state index is 14.0. The predicted octanol–water partition coefficient (Wildman–Crippen LogP) is 5.08. The number of amides is 1. The van der Waals surface area contributed by atoms with Gasteiger partial charge in [-0.05, 0) is 79.3 Å². The Morgan fingerprint density at radius 2 is 1.93 bits per heavy atom. The number of nitrogens with one attached hydrogen (secondary N) is 2. The van der Waals surface area contributed by atoms with Gasteiger partial charge in [0, 0.05) is 35.8 Å². The maximum atomic E-state index is 14.0. The van der Waals surface area contributed by atoms with E-state index in [9.17, 15) is 18.7 Å². The zero-order valence-electron chi connectivity index (χ0n) is 23.0. The van der Waals surface area contributed by atoms with Crippen molar-refractivity contribution in [1.82, 2.24) is 20.2 Å². The molecule has 0 saturated heterocycles. The third-order valence-corrected chi connectivity index (χ3v) is 7.78. The molecule has 0 unspecified atom stereocenters. The number of halogens is 2. The van der Waals surface area contributed by atoms with Gasteiger partial charge in [0.1, 0.15) is 11.6 Å². The average Bonchev–Trinajstić information content (AvgIpc) is 3.66. The minimum Gasteiger partial charge on any atom is -0.390 e. The van der Waals surface area contributed by atoms with Crippen LogP contribution in [-0.4, -0.2) is 39.3 Å². The van der Waals surface area contributed by atoms with Crippen LogP contribution in [0.5, 0.6) is 0 Å². The quantitative estimate of drug-likeness (QED) is 0.213. The van der Waals surface area contributed by atoms with Crippen molar-refractivity contribution < 1.29 is 18.7 Å². The fourth-order valence-electron chi connectivity index (χ4n) is 5.26. The van der Waals surface area contributed by atoms with Crippen LogP contribution in [0, 0.1) is 24.0 Å². The zero-order valence-corrected chi connectivity index (χ0v) is 23.0. The van der Waals surface area contributed by atoms with Crippen LogP contribution in [0.3, 0.4) is 0 Å². The second kappa shape index (κ2) is 12.2. The standard InChI is InChI=1S/C33H34F2N4O2/c1-3-5-13-39-21-36-28-10-9-24(18-30(28)39)32(41)38-29(17-23-15-26(34)19-27(35)16-23)31(40)20-37-33(11-12-33)25-8-6-7-22(4-2)14-25/h2,6-10,14-16,18-19,21,29,31,37,40H,3,5,11-13,17,20H2,1H3,(H,38,41)/t29-,31-/m0/s1. The number of imidazole rings is 1. The summed E-state index contributed by atoms with van der Waals surface area (Å²) in [7, 11) is 0. The summed E-state index contributed by atoms with van der Waals surface area (Å²) < 4.78 is 30.0. The number of hydrogen-bond acceptors (Lipinski definition) is 4. The van der Waals surface area contributed by atoms with E-state index in [2.05, 4.69) is 28.5 Å². The van der Waals surface area contributed by atoms with Gasteiger partial charge < -0.3 is 20.3 Å². The number of fused-ring (bicyclic) bond motifs is 1. The molecule has 0 bridgehead atoms. The number of terminal acetylenes is 1. The average molecular weight is 557 g/mol. The Bertz CT molecular complexity index is 1570. The van der Waals surface area contributed by atoms with E-state index in [1.807, 2.05) is 28.8 Å². The number of carbonyl (C=O) groups excluding carboxylic acids is 1. The SMILES string of the molecule is C#Cc1cccc(C2(NC[C@H](O)[C@H](Cc3cc(F)cc(F)c3)NC(=O)c3ccc4ncn(CCCC)c4c3)CC2)c1. The minimum absolute atomic E-state index is 0.0412. The minimum atomic E-state index is -1.04. The van der Waals surface area contributed by atoms with Crippen LogP contribution in [0.1, 0.15) is 59.7 Å². The van der Waals surface area contributed by atoms with Gasteiger partial charge >= 0.3 is 0 Å². The molecule has 1 aliphatic carbocycles. The molecule has 4 aromatic rings. The molecule has 1 heterocycles. The lowest BCUT2D eigenvalue weighted by Gasteiger charge is -2.27. The third kappa shape index (κ3) is 6.64. The van der Waals surface area contributed by atoms with Crippen LogP contribution >= 0.6 is 0 Å². The number of hydrogen-bond donors (Lipinski definition) is 3. The second-order valence-corrected chi connectivity index (χ2v) is 10.8. The molecule has 0 aliphatic heterocycles. The number of benzene rings is 3. The highest BCUT2D eigenvalue weighted by molar-refractivity contribution is 5.97. The lowest BCUT2D eigenvalue weighted by Crippen LogP contribution is -2.50. The summed E-state index contributed by atoms with van der Waals surface area (Å²) in [5, 5.41) is 17.7. The molecule has 0 spiro atoms. The molecule has 8 heteroatoms. The fourth-order valence-corrected chi connectivity index (χ4v) is 5.26. The molecule has 1 aromatic heterocycles. The highest BCUT2D eigenvalue weighted by Crippen LogP contribution is 2.45. The first-order valence-electron chi connectivity index (χ1n) is 14.0. The van der Waals surface area contributed by atoms with Crippen molar-refractivity contribution in [3.05, 3.63) is 101 Å². The Balaban J connectivity index is 1.35. The van der Waals surface area contributed by atoms with Crippen molar-refractivity contribution >= 4 is 16.9 Å². The summed E-state index contributed by atoms with van der Waals surface area (Å²) >= 11 is 0. The van der Waals surface area contributed by atoms with Crippen molar-refractivity contribution in [3.63, 3.8) is 0 Å². The van der Waals surface area contributed by atoms with Crippen LogP contribution in [0.15, 0.2) is 67.0 Å². The van der Waals surface area contributed by atoms with E-state index in [1.54, 1.807) is 24.5 Å². The molecular weight excluding hydrogens is 522 g/mol. The van der Waals surface area contributed by atoms with Gasteiger partial charge in [0.25, 0.3) is 5.91 Å². The van der Waals surface area contributed by atoms with Crippen molar-refractivity contribution in [3.8, 4) is 12.3 Å². The lowest BCUT2D eigenvalue weighted by atomic mass is 9.98. The van der Waals surface area contributed by atoms with Crippen LogP contribution < -0.4 is 10.6 Å². The van der Waals surface area contributed by atoms with Gasteiger partial charge in [-0.2, -0.15) is 0 Å². The molecule has 6 nitrogen and oxygen atoms in total. The third-order valence-electron chi connectivity index (χ3n) is 7.78. The van der Waals surface area contributed by atoms with E-state index >= 15 is 0 Å². The monoisotopic (exact) mass is 556 g/mol.